The molecule has 1 aliphatic rings. The Morgan fingerprint density at radius 1 is 1.50 bits per heavy atom. The first kappa shape index (κ1) is 9.53. The second-order valence-corrected chi connectivity index (χ2v) is 4.07. The lowest BCUT2D eigenvalue weighted by molar-refractivity contribution is 0.127. The molecule has 0 amide bonds. The molecule has 14 heavy (non-hydrogen) atoms. The minimum Gasteiger partial charge on any atom is -0.493 e. The quantitative estimate of drug-likeness (QED) is 0.776. The van der Waals surface area contributed by atoms with Crippen molar-refractivity contribution in [2.24, 2.45) is 5.92 Å². The summed E-state index contributed by atoms with van der Waals surface area (Å²) < 4.78 is 5.63. The Labute approximate surface area is 84.5 Å². The molecule has 1 unspecified atom stereocenters. The highest BCUT2D eigenvalue weighted by Crippen LogP contribution is 2.28. The molecule has 0 saturated heterocycles. The summed E-state index contributed by atoms with van der Waals surface area (Å²) in [6.07, 6.45) is 1.63. The molecule has 2 nitrogen and oxygen atoms in total. The molecule has 0 fully saturated rings. The molecule has 1 N–H and O–H groups in total. The smallest absolute Gasteiger partial charge is 0.122 e. The van der Waals surface area contributed by atoms with Gasteiger partial charge in [0.05, 0.1) is 12.7 Å². The van der Waals surface area contributed by atoms with Crippen LogP contribution < -0.4 is 4.74 Å². The summed E-state index contributed by atoms with van der Waals surface area (Å²) in [5.74, 6) is 1.47. The second-order valence-electron chi connectivity index (χ2n) is 4.07. The molecule has 76 valence electrons. The number of ether oxygens (including phenoxy) is 1. The summed E-state index contributed by atoms with van der Waals surface area (Å²) in [6.45, 7) is 2.57. The average molecular weight is 192 g/mol. The summed E-state index contributed by atoms with van der Waals surface area (Å²) in [5.41, 5.74) is 1.27. The molecule has 0 aromatic heterocycles. The van der Waals surface area contributed by atoms with Gasteiger partial charge in [-0.15, -0.1) is 0 Å². The van der Waals surface area contributed by atoms with Gasteiger partial charge in [-0.3, -0.25) is 0 Å². The molecule has 1 heterocycles. The van der Waals surface area contributed by atoms with Crippen molar-refractivity contribution in [1.29, 1.82) is 0 Å². The van der Waals surface area contributed by atoms with Crippen molar-refractivity contribution in [3.05, 3.63) is 29.8 Å². The van der Waals surface area contributed by atoms with Gasteiger partial charge in [0.2, 0.25) is 0 Å². The fourth-order valence-electron chi connectivity index (χ4n) is 2.02. The first-order chi connectivity index (χ1) is 6.75. The van der Waals surface area contributed by atoms with Crippen molar-refractivity contribution in [2.75, 3.05) is 6.61 Å². The van der Waals surface area contributed by atoms with Gasteiger partial charge < -0.3 is 9.84 Å². The van der Waals surface area contributed by atoms with Crippen LogP contribution in [0.4, 0.5) is 0 Å². The molecule has 0 bridgehead atoms. The summed E-state index contributed by atoms with van der Waals surface area (Å²) in [7, 11) is 0. The lowest BCUT2D eigenvalue weighted by Gasteiger charge is -2.25. The highest BCUT2D eigenvalue weighted by molar-refractivity contribution is 5.35. The number of benzene rings is 1. The zero-order valence-electron chi connectivity index (χ0n) is 8.44. The number of para-hydroxylation sites is 1. The summed E-state index contributed by atoms with van der Waals surface area (Å²) in [4.78, 5) is 0. The normalized spacial score (nSPS) is 22.3. The summed E-state index contributed by atoms with van der Waals surface area (Å²) in [6, 6.07) is 8.14. The zero-order chi connectivity index (χ0) is 9.97. The maximum atomic E-state index is 9.30. The molecule has 0 saturated carbocycles. The van der Waals surface area contributed by atoms with Crippen molar-refractivity contribution >= 4 is 0 Å². The van der Waals surface area contributed by atoms with E-state index in [4.69, 9.17) is 4.74 Å². The molecule has 0 aliphatic carbocycles. The van der Waals surface area contributed by atoms with E-state index in [1.807, 2.05) is 25.1 Å². The topological polar surface area (TPSA) is 29.5 Å². The van der Waals surface area contributed by atoms with Gasteiger partial charge in [-0.2, -0.15) is 0 Å². The van der Waals surface area contributed by atoms with Gasteiger partial charge in [0.25, 0.3) is 0 Å². The Hall–Kier alpha value is -1.02. The lowest BCUT2D eigenvalue weighted by atomic mass is 9.92. The van der Waals surface area contributed by atoms with E-state index in [0.29, 0.717) is 5.92 Å². The number of hydrogen-bond acceptors (Lipinski definition) is 2. The van der Waals surface area contributed by atoms with Crippen molar-refractivity contribution in [3.63, 3.8) is 0 Å². The Kier molecular flexibility index (Phi) is 2.73. The fraction of sp³-hybridized carbons (Fsp3) is 0.500. The van der Waals surface area contributed by atoms with Crippen LogP contribution in [0.5, 0.6) is 5.75 Å². The maximum absolute atomic E-state index is 9.30. The number of aliphatic hydroxyl groups excluding tert-OH is 1. The van der Waals surface area contributed by atoms with E-state index in [1.165, 1.54) is 5.56 Å². The van der Waals surface area contributed by atoms with Crippen LogP contribution in [0.15, 0.2) is 24.3 Å². The van der Waals surface area contributed by atoms with E-state index in [-0.39, 0.29) is 6.10 Å². The molecular formula is C12H16O2. The minimum absolute atomic E-state index is 0.228. The van der Waals surface area contributed by atoms with Gasteiger partial charge in [-0.25, -0.2) is 0 Å². The van der Waals surface area contributed by atoms with Gasteiger partial charge in [0.1, 0.15) is 5.75 Å². The fourth-order valence-corrected chi connectivity index (χ4v) is 2.02. The zero-order valence-corrected chi connectivity index (χ0v) is 8.44. The van der Waals surface area contributed by atoms with E-state index in [9.17, 15) is 5.11 Å². The largest absolute Gasteiger partial charge is 0.493 e. The van der Waals surface area contributed by atoms with Gasteiger partial charge in [-0.05, 0) is 37.3 Å². The maximum Gasteiger partial charge on any atom is 0.122 e. The van der Waals surface area contributed by atoms with Crippen molar-refractivity contribution in [3.8, 4) is 5.75 Å². The monoisotopic (exact) mass is 192 g/mol. The number of aliphatic hydroxyl groups is 1. The molecular weight excluding hydrogens is 176 g/mol. The molecule has 2 heteroatoms. The van der Waals surface area contributed by atoms with E-state index in [2.05, 4.69) is 6.07 Å². The van der Waals surface area contributed by atoms with E-state index in [1.54, 1.807) is 0 Å². The van der Waals surface area contributed by atoms with Gasteiger partial charge in [0.15, 0.2) is 0 Å². The van der Waals surface area contributed by atoms with Gasteiger partial charge in [-0.1, -0.05) is 18.2 Å². The number of rotatable bonds is 2. The van der Waals surface area contributed by atoms with Crippen LogP contribution in [0, 0.1) is 5.92 Å². The van der Waals surface area contributed by atoms with Crippen molar-refractivity contribution < 1.29 is 9.84 Å². The predicted molar refractivity (Wildman–Crippen MR) is 55.4 cm³/mol. The van der Waals surface area contributed by atoms with Crippen LogP contribution in [0.25, 0.3) is 0 Å². The predicted octanol–water partition coefficient (Wildman–Crippen LogP) is 2.01. The van der Waals surface area contributed by atoms with Crippen LogP contribution in [0.2, 0.25) is 0 Å². The van der Waals surface area contributed by atoms with E-state index in [0.717, 1.165) is 25.2 Å². The molecule has 2 rings (SSSR count). The molecule has 1 aliphatic heterocycles. The molecule has 0 radical (unpaired) electrons. The number of hydrogen-bond donors (Lipinski definition) is 1. The average Bonchev–Trinajstić information content (AvgIpc) is 2.17. The molecule has 1 aromatic rings. The van der Waals surface area contributed by atoms with E-state index >= 15 is 0 Å². The Morgan fingerprint density at radius 3 is 3.07 bits per heavy atom. The van der Waals surface area contributed by atoms with E-state index < -0.39 is 0 Å². The SMILES string of the molecule is C[C@H](O)CC1COc2ccccc2C1. The third-order valence-electron chi connectivity index (χ3n) is 2.63. The standard InChI is InChI=1S/C12H16O2/c1-9(13)6-10-7-11-4-2-3-5-12(11)14-8-10/h2-5,9-10,13H,6-8H2,1H3/t9-,10?/m0/s1. The first-order valence-corrected chi connectivity index (χ1v) is 5.14. The van der Waals surface area contributed by atoms with Crippen molar-refractivity contribution in [2.45, 2.75) is 25.9 Å². The Morgan fingerprint density at radius 2 is 2.29 bits per heavy atom. The van der Waals surface area contributed by atoms with Gasteiger partial charge in [0, 0.05) is 0 Å². The molecule has 0 spiro atoms. The third kappa shape index (κ3) is 2.07. The summed E-state index contributed by atoms with van der Waals surface area (Å²) in [5, 5.41) is 9.30. The highest BCUT2D eigenvalue weighted by Gasteiger charge is 2.20. The van der Waals surface area contributed by atoms with Crippen LogP contribution in [0.3, 0.4) is 0 Å². The Bertz CT molecular complexity index is 307. The van der Waals surface area contributed by atoms with Crippen LogP contribution in [-0.2, 0) is 6.42 Å². The summed E-state index contributed by atoms with van der Waals surface area (Å²) >= 11 is 0. The van der Waals surface area contributed by atoms with Crippen LogP contribution in [-0.4, -0.2) is 17.8 Å². The Balaban J connectivity index is 2.06. The lowest BCUT2D eigenvalue weighted by Crippen LogP contribution is -2.24. The molecule has 1 aromatic carbocycles. The van der Waals surface area contributed by atoms with Crippen LogP contribution in [0.1, 0.15) is 18.9 Å². The van der Waals surface area contributed by atoms with Crippen molar-refractivity contribution in [1.82, 2.24) is 0 Å². The van der Waals surface area contributed by atoms with Crippen LogP contribution >= 0.6 is 0 Å². The molecule has 2 atom stereocenters. The number of fused-ring (bicyclic) bond motifs is 1. The third-order valence-corrected chi connectivity index (χ3v) is 2.63. The minimum atomic E-state index is -0.228. The first-order valence-electron chi connectivity index (χ1n) is 5.14. The highest BCUT2D eigenvalue weighted by atomic mass is 16.5. The van der Waals surface area contributed by atoms with Gasteiger partial charge >= 0.3 is 0 Å². The second kappa shape index (κ2) is 4.01.